The van der Waals surface area contributed by atoms with E-state index in [0.29, 0.717) is 35.3 Å². The minimum Gasteiger partial charge on any atom is -0.496 e. The van der Waals surface area contributed by atoms with Crippen molar-refractivity contribution in [3.05, 3.63) is 64.3 Å². The van der Waals surface area contributed by atoms with Gasteiger partial charge in [-0.15, -0.1) is 11.8 Å². The molecule has 8 heteroatoms. The zero-order chi connectivity index (χ0) is 20.9. The lowest BCUT2D eigenvalue weighted by atomic mass is 10.1. The van der Waals surface area contributed by atoms with Gasteiger partial charge in [0.2, 0.25) is 12.7 Å². The summed E-state index contributed by atoms with van der Waals surface area (Å²) in [4.78, 5) is 25.3. The van der Waals surface area contributed by atoms with Gasteiger partial charge in [-0.05, 0) is 42.3 Å². The minimum absolute atomic E-state index is 0.0824. The first-order valence-electron chi connectivity index (χ1n) is 9.60. The maximum atomic E-state index is 12.4. The van der Waals surface area contributed by atoms with E-state index in [4.69, 9.17) is 14.2 Å². The maximum absolute atomic E-state index is 12.4. The van der Waals surface area contributed by atoms with E-state index in [2.05, 4.69) is 10.6 Å². The van der Waals surface area contributed by atoms with E-state index in [9.17, 15) is 9.59 Å². The number of carbonyl (C=O) groups excluding carboxylic acids is 2. The summed E-state index contributed by atoms with van der Waals surface area (Å²) in [6.07, 6.45) is 0.257. The molecule has 2 aliphatic heterocycles. The lowest BCUT2D eigenvalue weighted by molar-refractivity contribution is -0.120. The van der Waals surface area contributed by atoms with Crippen molar-refractivity contribution in [2.45, 2.75) is 19.9 Å². The molecule has 30 heavy (non-hydrogen) atoms. The molecule has 0 aliphatic carbocycles. The van der Waals surface area contributed by atoms with Crippen LogP contribution < -0.4 is 20.1 Å². The van der Waals surface area contributed by atoms with Crippen LogP contribution in [-0.4, -0.2) is 31.0 Å². The molecule has 0 aromatic heterocycles. The third-order valence-electron chi connectivity index (χ3n) is 4.68. The molecule has 0 spiro atoms. The second kappa shape index (κ2) is 9.13. The normalized spacial score (nSPS) is 14.8. The van der Waals surface area contributed by atoms with E-state index in [1.165, 1.54) is 11.8 Å². The van der Waals surface area contributed by atoms with Crippen molar-refractivity contribution in [2.75, 3.05) is 24.5 Å². The van der Waals surface area contributed by atoms with Gasteiger partial charge in [-0.1, -0.05) is 18.2 Å². The standard InChI is InChI=1S/C22H22N2O5S/c1-14-21(30-9-8-27-14)22(26)24-17-5-2-15(3-6-17)11-20(25)23-12-16-4-7-18-19(10-16)29-13-28-18/h2-7,10H,8-9,11-13H2,1H3,(H,23,25)(H,24,26). The van der Waals surface area contributed by atoms with Crippen molar-refractivity contribution < 1.29 is 23.8 Å². The Labute approximate surface area is 178 Å². The van der Waals surface area contributed by atoms with Crippen LogP contribution in [0.3, 0.4) is 0 Å². The first-order valence-corrected chi connectivity index (χ1v) is 10.6. The fourth-order valence-electron chi connectivity index (χ4n) is 3.12. The van der Waals surface area contributed by atoms with E-state index in [-0.39, 0.29) is 25.0 Å². The van der Waals surface area contributed by atoms with Gasteiger partial charge in [-0.3, -0.25) is 9.59 Å². The monoisotopic (exact) mass is 426 g/mol. The first-order chi connectivity index (χ1) is 14.6. The molecule has 7 nitrogen and oxygen atoms in total. The molecular weight excluding hydrogens is 404 g/mol. The van der Waals surface area contributed by atoms with Gasteiger partial charge in [0.25, 0.3) is 5.91 Å². The quantitative estimate of drug-likeness (QED) is 0.738. The van der Waals surface area contributed by atoms with E-state index >= 15 is 0 Å². The minimum atomic E-state index is -0.175. The van der Waals surface area contributed by atoms with E-state index in [1.54, 1.807) is 19.1 Å². The molecule has 2 heterocycles. The number of anilines is 1. The number of ether oxygens (including phenoxy) is 3. The number of thioether (sulfide) groups is 1. The van der Waals surface area contributed by atoms with Crippen LogP contribution in [0.5, 0.6) is 11.5 Å². The average molecular weight is 426 g/mol. The van der Waals surface area contributed by atoms with E-state index in [1.807, 2.05) is 30.3 Å². The second-order valence-electron chi connectivity index (χ2n) is 6.87. The van der Waals surface area contributed by atoms with Crippen molar-refractivity contribution in [2.24, 2.45) is 0 Å². The molecule has 2 aliphatic rings. The van der Waals surface area contributed by atoms with Gasteiger partial charge in [0, 0.05) is 18.0 Å². The molecule has 0 unspecified atom stereocenters. The number of hydrogen-bond acceptors (Lipinski definition) is 6. The van der Waals surface area contributed by atoms with Gasteiger partial charge >= 0.3 is 0 Å². The van der Waals surface area contributed by atoms with Crippen LogP contribution in [-0.2, 0) is 27.3 Å². The van der Waals surface area contributed by atoms with Crippen molar-refractivity contribution in [1.29, 1.82) is 0 Å². The zero-order valence-corrected chi connectivity index (χ0v) is 17.3. The Morgan fingerprint density at radius 1 is 1.00 bits per heavy atom. The number of carbonyl (C=O) groups is 2. The molecule has 0 fully saturated rings. The largest absolute Gasteiger partial charge is 0.496 e. The summed E-state index contributed by atoms with van der Waals surface area (Å²) in [5.74, 6) is 2.58. The van der Waals surface area contributed by atoms with Gasteiger partial charge in [-0.2, -0.15) is 0 Å². The number of allylic oxidation sites excluding steroid dienone is 1. The van der Waals surface area contributed by atoms with Crippen LogP contribution in [0.1, 0.15) is 18.1 Å². The van der Waals surface area contributed by atoms with Crippen molar-refractivity contribution >= 4 is 29.3 Å². The Bertz CT molecular complexity index is 988. The van der Waals surface area contributed by atoms with Crippen LogP contribution >= 0.6 is 11.8 Å². The van der Waals surface area contributed by atoms with Gasteiger partial charge in [0.1, 0.15) is 10.7 Å². The number of benzene rings is 2. The van der Waals surface area contributed by atoms with Crippen LogP contribution in [0.2, 0.25) is 0 Å². The number of amides is 2. The van der Waals surface area contributed by atoms with Gasteiger partial charge in [0.05, 0.1) is 13.0 Å². The summed E-state index contributed by atoms with van der Waals surface area (Å²) in [5, 5.41) is 5.77. The number of hydrogen-bond donors (Lipinski definition) is 2. The average Bonchev–Trinajstić information content (AvgIpc) is 3.22. The Kier molecular flexibility index (Phi) is 6.13. The van der Waals surface area contributed by atoms with Gasteiger partial charge < -0.3 is 24.8 Å². The third-order valence-corrected chi connectivity index (χ3v) is 5.81. The van der Waals surface area contributed by atoms with E-state index in [0.717, 1.165) is 22.6 Å². The summed E-state index contributed by atoms with van der Waals surface area (Å²) in [5.41, 5.74) is 2.48. The second-order valence-corrected chi connectivity index (χ2v) is 7.98. The highest BCUT2D eigenvalue weighted by Gasteiger charge is 2.19. The molecule has 156 valence electrons. The first kappa shape index (κ1) is 20.2. The Hall–Kier alpha value is -3.13. The predicted molar refractivity (Wildman–Crippen MR) is 114 cm³/mol. The molecule has 0 saturated heterocycles. The fourth-order valence-corrected chi connectivity index (χ4v) is 3.94. The summed E-state index contributed by atoms with van der Waals surface area (Å²) in [7, 11) is 0. The Morgan fingerprint density at radius 2 is 1.77 bits per heavy atom. The Morgan fingerprint density at radius 3 is 2.57 bits per heavy atom. The zero-order valence-electron chi connectivity index (χ0n) is 16.5. The predicted octanol–water partition coefficient (Wildman–Crippen LogP) is 3.21. The fraction of sp³-hybridized carbons (Fsp3) is 0.273. The van der Waals surface area contributed by atoms with Gasteiger partial charge in [0.15, 0.2) is 11.5 Å². The van der Waals surface area contributed by atoms with Gasteiger partial charge in [-0.25, -0.2) is 0 Å². The number of rotatable bonds is 6. The summed E-state index contributed by atoms with van der Waals surface area (Å²) >= 11 is 1.50. The highest BCUT2D eigenvalue weighted by atomic mass is 32.2. The molecule has 2 N–H and O–H groups in total. The SMILES string of the molecule is CC1=C(C(=O)Nc2ccc(CC(=O)NCc3ccc4c(c3)OCO4)cc2)SCCO1. The summed E-state index contributed by atoms with van der Waals surface area (Å²) in [6.45, 7) is 3.06. The molecule has 2 amide bonds. The maximum Gasteiger partial charge on any atom is 0.265 e. The molecule has 2 aromatic rings. The molecule has 0 atom stereocenters. The topological polar surface area (TPSA) is 85.9 Å². The molecule has 0 radical (unpaired) electrons. The van der Waals surface area contributed by atoms with Crippen LogP contribution in [0.25, 0.3) is 0 Å². The van der Waals surface area contributed by atoms with Crippen molar-refractivity contribution in [3.63, 3.8) is 0 Å². The van der Waals surface area contributed by atoms with Crippen LogP contribution in [0.15, 0.2) is 53.1 Å². The molecule has 0 bridgehead atoms. The smallest absolute Gasteiger partial charge is 0.265 e. The van der Waals surface area contributed by atoms with Crippen LogP contribution in [0, 0.1) is 0 Å². The highest BCUT2D eigenvalue weighted by Crippen LogP contribution is 2.32. The lowest BCUT2D eigenvalue weighted by Crippen LogP contribution is -2.24. The summed E-state index contributed by atoms with van der Waals surface area (Å²) in [6, 6.07) is 12.9. The Balaban J connectivity index is 1.28. The molecular formula is C22H22N2O5S. The molecule has 2 aromatic carbocycles. The molecule has 4 rings (SSSR count). The van der Waals surface area contributed by atoms with Crippen molar-refractivity contribution in [1.82, 2.24) is 5.32 Å². The number of fused-ring (bicyclic) bond motifs is 1. The highest BCUT2D eigenvalue weighted by molar-refractivity contribution is 8.04. The summed E-state index contributed by atoms with van der Waals surface area (Å²) < 4.78 is 16.1. The molecule has 0 saturated carbocycles. The lowest BCUT2D eigenvalue weighted by Gasteiger charge is -2.17. The van der Waals surface area contributed by atoms with Crippen LogP contribution in [0.4, 0.5) is 5.69 Å². The number of nitrogens with one attached hydrogen (secondary N) is 2. The third kappa shape index (κ3) is 4.88. The van der Waals surface area contributed by atoms with Crippen molar-refractivity contribution in [3.8, 4) is 11.5 Å². The van der Waals surface area contributed by atoms with E-state index < -0.39 is 0 Å².